The molecule has 1 aromatic heterocycles. The lowest BCUT2D eigenvalue weighted by Gasteiger charge is -1.94. The number of thiol groups is 1. The van der Waals surface area contributed by atoms with Gasteiger partial charge in [0.25, 0.3) is 0 Å². The first-order valence-corrected chi connectivity index (χ1v) is 4.14. The van der Waals surface area contributed by atoms with E-state index in [9.17, 15) is 0 Å². The van der Waals surface area contributed by atoms with E-state index in [1.807, 2.05) is 19.9 Å². The Hall–Kier alpha value is -0.810. The molecule has 0 aliphatic carbocycles. The molecule has 0 spiro atoms. The molecule has 1 heterocycles. The molecule has 0 radical (unpaired) electrons. The van der Waals surface area contributed by atoms with Crippen LogP contribution in [-0.4, -0.2) is 20.5 Å². The summed E-state index contributed by atoms with van der Waals surface area (Å²) in [5, 5.41) is 7.73. The van der Waals surface area contributed by atoms with E-state index in [-0.39, 0.29) is 0 Å². The zero-order chi connectivity index (χ0) is 10.4. The Labute approximate surface area is 86.4 Å². The van der Waals surface area contributed by atoms with Crippen LogP contribution in [0.1, 0.15) is 11.4 Å². The lowest BCUT2D eigenvalue weighted by Crippen LogP contribution is -1.89. The second-order valence-electron chi connectivity index (χ2n) is 2.20. The van der Waals surface area contributed by atoms with Gasteiger partial charge in [0.15, 0.2) is 5.16 Å². The van der Waals surface area contributed by atoms with Crippen molar-refractivity contribution in [2.45, 2.75) is 19.0 Å². The van der Waals surface area contributed by atoms with Gasteiger partial charge in [-0.3, -0.25) is 0 Å². The Balaban J connectivity index is 0.000000310. The molecule has 0 aliphatic heterocycles. The number of carbonyl (C=O) groups is 1. The zero-order valence-electron chi connectivity index (χ0n) is 7.15. The quantitative estimate of drug-likeness (QED) is 0.400. The second kappa shape index (κ2) is 5.77. The number of rotatable bonds is 0. The highest BCUT2D eigenvalue weighted by Crippen LogP contribution is 2.01. The predicted octanol–water partition coefficient (Wildman–Crippen LogP) is 2.29. The number of aromatic nitrogens is 2. The van der Waals surface area contributed by atoms with Crippen LogP contribution in [0.2, 0.25) is 0 Å². The predicted molar refractivity (Wildman–Crippen MR) is 52.6 cm³/mol. The summed E-state index contributed by atoms with van der Waals surface area (Å²) in [6.45, 7) is 3.85. The molecule has 0 unspecified atom stereocenters. The third-order valence-electron chi connectivity index (χ3n) is 0.970. The third kappa shape index (κ3) is 7.55. The molecule has 0 saturated heterocycles. The topological polar surface area (TPSA) is 63.1 Å². The van der Waals surface area contributed by atoms with Gasteiger partial charge in [-0.1, -0.05) is 0 Å². The summed E-state index contributed by atoms with van der Waals surface area (Å²) >= 11 is 8.19. The van der Waals surface area contributed by atoms with E-state index < -0.39 is 5.43 Å². The first kappa shape index (κ1) is 12.2. The number of aryl methyl sites for hydroxylation is 2. The lowest BCUT2D eigenvalue weighted by atomic mass is 10.4. The Morgan fingerprint density at radius 1 is 1.46 bits per heavy atom. The van der Waals surface area contributed by atoms with Crippen molar-refractivity contribution in [3.8, 4) is 0 Å². The molecule has 1 aromatic rings. The Morgan fingerprint density at radius 2 is 1.77 bits per heavy atom. The van der Waals surface area contributed by atoms with E-state index in [1.165, 1.54) is 0 Å². The molecule has 0 saturated carbocycles. The molecular weight excluding hydrogens is 212 g/mol. The van der Waals surface area contributed by atoms with Gasteiger partial charge in [0.2, 0.25) is 0 Å². The summed E-state index contributed by atoms with van der Waals surface area (Å²) in [6, 6.07) is 1.92. The minimum Gasteiger partial charge on any atom is -0.469 e. The highest BCUT2D eigenvalue weighted by Gasteiger charge is 1.91. The fourth-order valence-electron chi connectivity index (χ4n) is 0.707. The molecule has 4 nitrogen and oxygen atoms in total. The van der Waals surface area contributed by atoms with Crippen LogP contribution >= 0.6 is 24.2 Å². The highest BCUT2D eigenvalue weighted by molar-refractivity contribution is 7.80. The molecule has 72 valence electrons. The summed E-state index contributed by atoms with van der Waals surface area (Å²) < 4.78 is 0. The van der Waals surface area contributed by atoms with Gasteiger partial charge in [-0.2, -0.15) is 0 Å². The van der Waals surface area contributed by atoms with E-state index in [0.29, 0.717) is 5.16 Å². The van der Waals surface area contributed by atoms with Crippen LogP contribution in [-0.2, 0) is 0 Å². The van der Waals surface area contributed by atoms with E-state index in [1.54, 1.807) is 0 Å². The number of nitrogens with zero attached hydrogens (tertiary/aromatic N) is 2. The Morgan fingerprint density at radius 3 is 2.00 bits per heavy atom. The normalized spacial score (nSPS) is 8.62. The molecule has 0 atom stereocenters. The van der Waals surface area contributed by atoms with Crippen molar-refractivity contribution in [3.63, 3.8) is 0 Å². The van der Waals surface area contributed by atoms with Crippen molar-refractivity contribution in [2.75, 3.05) is 0 Å². The van der Waals surface area contributed by atoms with Gasteiger partial charge in [0.05, 0.1) is 0 Å². The van der Waals surface area contributed by atoms with Crippen LogP contribution in [0.25, 0.3) is 0 Å². The average Bonchev–Trinajstić information content (AvgIpc) is 1.80. The van der Waals surface area contributed by atoms with E-state index in [0.717, 1.165) is 11.4 Å². The number of carboxylic acid groups (broad SMARTS) is 1. The molecule has 6 heteroatoms. The molecule has 0 fully saturated rings. The largest absolute Gasteiger partial charge is 0.469 e. The third-order valence-corrected chi connectivity index (χ3v) is 1.17. The standard InChI is InChI=1S/C6H8N2S.CHClO2/c1-4-3-5(2)8-6(9)7-4;2-1(3)4/h3H,1-2H3,(H,7,8,9);(H,3,4). The van der Waals surface area contributed by atoms with Crippen molar-refractivity contribution in [2.24, 2.45) is 0 Å². The van der Waals surface area contributed by atoms with Crippen LogP contribution < -0.4 is 0 Å². The van der Waals surface area contributed by atoms with Gasteiger partial charge in [-0.15, -0.1) is 12.6 Å². The number of hydrogen-bond donors (Lipinski definition) is 2. The second-order valence-corrected chi connectivity index (χ2v) is 2.93. The maximum atomic E-state index is 8.77. The van der Waals surface area contributed by atoms with Crippen molar-refractivity contribution >= 4 is 29.7 Å². The smallest absolute Gasteiger partial charge is 0.401 e. The molecular formula is C7H9ClN2O2S. The molecule has 13 heavy (non-hydrogen) atoms. The minimum atomic E-state index is -1.36. The fraction of sp³-hybridized carbons (Fsp3) is 0.286. The minimum absolute atomic E-state index is 0.549. The first-order chi connectivity index (χ1) is 5.91. The van der Waals surface area contributed by atoms with Crippen LogP contribution in [0.3, 0.4) is 0 Å². The van der Waals surface area contributed by atoms with Gasteiger partial charge < -0.3 is 5.11 Å². The lowest BCUT2D eigenvalue weighted by molar-refractivity contribution is 0.220. The van der Waals surface area contributed by atoms with Gasteiger partial charge in [0.1, 0.15) is 0 Å². The molecule has 0 aromatic carbocycles. The van der Waals surface area contributed by atoms with Crippen LogP contribution in [0.5, 0.6) is 0 Å². The fourth-order valence-corrected chi connectivity index (χ4v) is 1.02. The van der Waals surface area contributed by atoms with Crippen LogP contribution in [0, 0.1) is 13.8 Å². The molecule has 0 bridgehead atoms. The van der Waals surface area contributed by atoms with E-state index in [2.05, 4.69) is 34.2 Å². The monoisotopic (exact) mass is 220 g/mol. The first-order valence-electron chi connectivity index (χ1n) is 3.31. The van der Waals surface area contributed by atoms with Crippen molar-refractivity contribution < 1.29 is 9.90 Å². The molecule has 0 amide bonds. The van der Waals surface area contributed by atoms with Crippen LogP contribution in [0.15, 0.2) is 11.2 Å². The maximum absolute atomic E-state index is 8.77. The van der Waals surface area contributed by atoms with Gasteiger partial charge in [0, 0.05) is 23.0 Å². The van der Waals surface area contributed by atoms with Crippen molar-refractivity contribution in [1.82, 2.24) is 9.97 Å². The number of halogens is 1. The highest BCUT2D eigenvalue weighted by atomic mass is 35.5. The van der Waals surface area contributed by atoms with E-state index in [4.69, 9.17) is 9.90 Å². The summed E-state index contributed by atoms with van der Waals surface area (Å²) in [7, 11) is 0. The summed E-state index contributed by atoms with van der Waals surface area (Å²) in [5.74, 6) is 0. The molecule has 0 aliphatic rings. The van der Waals surface area contributed by atoms with Gasteiger partial charge >= 0.3 is 5.43 Å². The summed E-state index contributed by atoms with van der Waals surface area (Å²) in [6.07, 6.45) is 0. The maximum Gasteiger partial charge on any atom is 0.401 e. The van der Waals surface area contributed by atoms with Gasteiger partial charge in [-0.05, 0) is 19.9 Å². The molecule has 1 rings (SSSR count). The summed E-state index contributed by atoms with van der Waals surface area (Å²) in [5.41, 5.74) is 0.569. The SMILES string of the molecule is Cc1cc(C)nc(S)n1.O=C(O)Cl. The van der Waals surface area contributed by atoms with E-state index >= 15 is 0 Å². The average molecular weight is 221 g/mol. The Bertz CT molecular complexity index is 252. The van der Waals surface area contributed by atoms with Gasteiger partial charge in [-0.25, -0.2) is 14.8 Å². The molecule has 1 N–H and O–H groups in total. The van der Waals surface area contributed by atoms with Crippen molar-refractivity contribution in [3.05, 3.63) is 17.5 Å². The Kier molecular flexibility index (Phi) is 5.41. The number of hydrogen-bond acceptors (Lipinski definition) is 4. The van der Waals surface area contributed by atoms with Crippen LogP contribution in [0.4, 0.5) is 4.79 Å². The zero-order valence-corrected chi connectivity index (χ0v) is 8.80. The van der Waals surface area contributed by atoms with Crippen molar-refractivity contribution in [1.29, 1.82) is 0 Å². The summed E-state index contributed by atoms with van der Waals surface area (Å²) in [4.78, 5) is 16.7.